The van der Waals surface area contributed by atoms with Crippen LogP contribution in [0, 0.1) is 0 Å². The lowest BCUT2D eigenvalue weighted by Crippen LogP contribution is -2.22. The van der Waals surface area contributed by atoms with E-state index < -0.39 is 0 Å². The molecule has 0 N–H and O–H groups in total. The average molecular weight is 382 g/mol. The fourth-order valence-corrected chi connectivity index (χ4v) is 4.40. The maximum Gasteiger partial charge on any atom is 0.241 e. The molecule has 2 aromatic heterocycles. The second-order valence-corrected chi connectivity index (χ2v) is 7.84. The lowest BCUT2D eigenvalue weighted by atomic mass is 10.2. The minimum absolute atomic E-state index is 0.279. The van der Waals surface area contributed by atoms with E-state index in [1.165, 1.54) is 9.75 Å². The lowest BCUT2D eigenvalue weighted by molar-refractivity contribution is 0.114. The van der Waals surface area contributed by atoms with E-state index in [1.54, 1.807) is 0 Å². The predicted molar refractivity (Wildman–Crippen MR) is 106 cm³/mol. The molecule has 4 rings (SSSR count). The largest absolute Gasteiger partial charge is 0.373 e. The first-order valence-electron chi connectivity index (χ1n) is 9.23. The third kappa shape index (κ3) is 4.53. The van der Waals surface area contributed by atoms with Crippen LogP contribution in [0.4, 0.5) is 0 Å². The maximum atomic E-state index is 5.79. The molecule has 0 radical (unpaired) electrons. The van der Waals surface area contributed by atoms with Crippen molar-refractivity contribution in [1.82, 2.24) is 15.0 Å². The molecule has 0 spiro atoms. The van der Waals surface area contributed by atoms with Gasteiger partial charge in [-0.15, -0.1) is 17.9 Å². The molecule has 27 heavy (non-hydrogen) atoms. The molecule has 1 aliphatic heterocycles. The quantitative estimate of drug-likeness (QED) is 0.523. The molecule has 1 aromatic carbocycles. The van der Waals surface area contributed by atoms with Gasteiger partial charge in [-0.3, -0.25) is 4.90 Å². The van der Waals surface area contributed by atoms with Gasteiger partial charge in [0, 0.05) is 35.0 Å². The normalized spacial score (nSPS) is 16.9. The van der Waals surface area contributed by atoms with Crippen LogP contribution in [-0.2, 0) is 17.8 Å². The summed E-state index contributed by atoms with van der Waals surface area (Å²) in [5.74, 6) is 1.24. The Morgan fingerprint density at radius 1 is 1.19 bits per heavy atom. The van der Waals surface area contributed by atoms with Crippen LogP contribution in [0.2, 0.25) is 0 Å². The van der Waals surface area contributed by atoms with E-state index in [1.807, 2.05) is 47.7 Å². The van der Waals surface area contributed by atoms with Crippen LogP contribution in [-0.4, -0.2) is 28.2 Å². The Labute approximate surface area is 163 Å². The summed E-state index contributed by atoms with van der Waals surface area (Å²) in [6, 6.07) is 14.3. The fraction of sp³-hybridized carbons (Fsp3) is 0.333. The van der Waals surface area contributed by atoms with Crippen LogP contribution in [0.1, 0.15) is 34.6 Å². The molecule has 1 fully saturated rings. The first-order valence-corrected chi connectivity index (χ1v) is 10.0. The molecular formula is C21H23N3O2S. The Bertz CT molecular complexity index is 868. The third-order valence-corrected chi connectivity index (χ3v) is 5.72. The van der Waals surface area contributed by atoms with Gasteiger partial charge in [-0.1, -0.05) is 41.6 Å². The summed E-state index contributed by atoms with van der Waals surface area (Å²) in [5, 5.41) is 4.11. The summed E-state index contributed by atoms with van der Waals surface area (Å²) in [4.78, 5) is 9.43. The van der Waals surface area contributed by atoms with Crippen LogP contribution in [0.3, 0.4) is 0 Å². The van der Waals surface area contributed by atoms with Crippen LogP contribution >= 0.6 is 11.3 Å². The second-order valence-electron chi connectivity index (χ2n) is 6.64. The number of aromatic nitrogens is 2. The zero-order valence-electron chi connectivity index (χ0n) is 15.2. The van der Waals surface area contributed by atoms with Gasteiger partial charge in [0.15, 0.2) is 0 Å². The van der Waals surface area contributed by atoms with Gasteiger partial charge in [0.1, 0.15) is 0 Å². The molecule has 3 aromatic rings. The van der Waals surface area contributed by atoms with E-state index in [9.17, 15) is 0 Å². The standard InChI is InChI=1S/C21H23N3O2S/c1-2-12-24(14-17-10-11-19(27-17)18-9-6-13-25-18)15-20-22-21(23-26-20)16-7-4-3-5-8-16/h2-5,7-8,10-11,18H,1,6,9,12-15H2. The number of thiophene rings is 1. The van der Waals surface area contributed by atoms with Crippen molar-refractivity contribution in [2.75, 3.05) is 13.2 Å². The number of hydrogen-bond acceptors (Lipinski definition) is 6. The Hall–Kier alpha value is -2.28. The molecule has 1 atom stereocenters. The summed E-state index contributed by atoms with van der Waals surface area (Å²) >= 11 is 1.83. The first kappa shape index (κ1) is 18.1. The number of benzene rings is 1. The highest BCUT2D eigenvalue weighted by atomic mass is 32.1. The SMILES string of the molecule is C=CCN(Cc1nc(-c2ccccc2)no1)Cc1ccc(C2CCCO2)s1. The molecule has 1 saturated heterocycles. The van der Waals surface area contributed by atoms with Gasteiger partial charge in [-0.25, -0.2) is 0 Å². The highest BCUT2D eigenvalue weighted by molar-refractivity contribution is 7.12. The number of rotatable bonds is 8. The number of hydrogen-bond donors (Lipinski definition) is 0. The maximum absolute atomic E-state index is 5.79. The molecule has 5 nitrogen and oxygen atoms in total. The van der Waals surface area contributed by atoms with Gasteiger partial charge in [0.25, 0.3) is 0 Å². The van der Waals surface area contributed by atoms with Gasteiger partial charge < -0.3 is 9.26 Å². The summed E-state index contributed by atoms with van der Waals surface area (Å²) in [7, 11) is 0. The van der Waals surface area contributed by atoms with Crippen molar-refractivity contribution in [2.24, 2.45) is 0 Å². The third-order valence-electron chi connectivity index (χ3n) is 4.56. The Balaban J connectivity index is 1.42. The zero-order valence-corrected chi connectivity index (χ0v) is 16.0. The first-order chi connectivity index (χ1) is 13.3. The van der Waals surface area contributed by atoms with Gasteiger partial charge in [-0.2, -0.15) is 4.98 Å². The smallest absolute Gasteiger partial charge is 0.241 e. The van der Waals surface area contributed by atoms with E-state index in [0.29, 0.717) is 18.3 Å². The van der Waals surface area contributed by atoms with Gasteiger partial charge in [0.2, 0.25) is 11.7 Å². The summed E-state index contributed by atoms with van der Waals surface area (Å²) in [6.07, 6.45) is 4.46. The summed E-state index contributed by atoms with van der Waals surface area (Å²) < 4.78 is 11.3. The second kappa shape index (κ2) is 8.61. The molecule has 0 bridgehead atoms. The van der Waals surface area contributed by atoms with E-state index in [0.717, 1.165) is 38.1 Å². The monoisotopic (exact) mass is 381 g/mol. The van der Waals surface area contributed by atoms with Crippen molar-refractivity contribution in [3.63, 3.8) is 0 Å². The Morgan fingerprint density at radius 3 is 2.85 bits per heavy atom. The zero-order chi connectivity index (χ0) is 18.5. The molecule has 1 aliphatic rings. The van der Waals surface area contributed by atoms with Crippen molar-refractivity contribution in [3.8, 4) is 11.4 Å². The van der Waals surface area contributed by atoms with E-state index in [2.05, 4.69) is 33.8 Å². The predicted octanol–water partition coefficient (Wildman–Crippen LogP) is 4.84. The van der Waals surface area contributed by atoms with Crippen molar-refractivity contribution in [2.45, 2.75) is 32.0 Å². The highest BCUT2D eigenvalue weighted by Crippen LogP contribution is 2.33. The fourth-order valence-electron chi connectivity index (χ4n) is 3.26. The van der Waals surface area contributed by atoms with Crippen LogP contribution in [0.5, 0.6) is 0 Å². The molecule has 3 heterocycles. The lowest BCUT2D eigenvalue weighted by Gasteiger charge is -2.17. The van der Waals surface area contributed by atoms with Gasteiger partial charge >= 0.3 is 0 Å². The van der Waals surface area contributed by atoms with Crippen LogP contribution in [0.25, 0.3) is 11.4 Å². The topological polar surface area (TPSA) is 51.4 Å². The molecule has 0 aliphatic carbocycles. The number of nitrogens with zero attached hydrogens (tertiary/aromatic N) is 3. The van der Waals surface area contributed by atoms with Crippen molar-refractivity contribution in [3.05, 3.63) is 70.8 Å². The van der Waals surface area contributed by atoms with Crippen molar-refractivity contribution < 1.29 is 9.26 Å². The van der Waals surface area contributed by atoms with E-state index in [-0.39, 0.29) is 6.10 Å². The molecule has 0 amide bonds. The summed E-state index contributed by atoms with van der Waals surface area (Å²) in [6.45, 7) is 6.94. The van der Waals surface area contributed by atoms with Crippen LogP contribution < -0.4 is 0 Å². The van der Waals surface area contributed by atoms with Crippen molar-refractivity contribution >= 4 is 11.3 Å². The minimum Gasteiger partial charge on any atom is -0.373 e. The average Bonchev–Trinajstić information content (AvgIpc) is 3.44. The molecular weight excluding hydrogens is 358 g/mol. The molecule has 1 unspecified atom stereocenters. The van der Waals surface area contributed by atoms with E-state index >= 15 is 0 Å². The van der Waals surface area contributed by atoms with Gasteiger partial charge in [0.05, 0.1) is 12.6 Å². The van der Waals surface area contributed by atoms with Crippen LogP contribution in [0.15, 0.2) is 59.6 Å². The Kier molecular flexibility index (Phi) is 5.77. The molecule has 0 saturated carbocycles. The summed E-state index contributed by atoms with van der Waals surface area (Å²) in [5.41, 5.74) is 0.960. The number of ether oxygens (including phenoxy) is 1. The molecule has 6 heteroatoms. The molecule has 140 valence electrons. The van der Waals surface area contributed by atoms with E-state index in [4.69, 9.17) is 9.26 Å². The highest BCUT2D eigenvalue weighted by Gasteiger charge is 2.20. The van der Waals surface area contributed by atoms with Gasteiger partial charge in [-0.05, 0) is 25.0 Å². The Morgan fingerprint density at radius 2 is 2.07 bits per heavy atom. The van der Waals surface area contributed by atoms with Crippen molar-refractivity contribution in [1.29, 1.82) is 0 Å². The minimum atomic E-state index is 0.279.